The highest BCUT2D eigenvalue weighted by atomic mass is 35.5. The van der Waals surface area contributed by atoms with Crippen molar-refractivity contribution in [2.75, 3.05) is 38.7 Å². The maximum absolute atomic E-state index is 12.8. The fourth-order valence-corrected chi connectivity index (χ4v) is 2.67. The van der Waals surface area contributed by atoms with Crippen LogP contribution in [0, 0.1) is 0 Å². The van der Waals surface area contributed by atoms with E-state index in [9.17, 15) is 22.8 Å². The van der Waals surface area contributed by atoms with E-state index in [4.69, 9.17) is 16.3 Å². The molecule has 27 heavy (non-hydrogen) atoms. The minimum Gasteiger partial charge on any atom is -0.378 e. The smallest absolute Gasteiger partial charge is 0.378 e. The molecule has 0 aromatic heterocycles. The molecular formula is C16H20Cl2F3N3O3. The number of hydrogen-bond acceptors (Lipinski definition) is 4. The van der Waals surface area contributed by atoms with E-state index in [1.165, 1.54) is 18.0 Å². The molecule has 1 atom stereocenters. The standard InChI is InChI=1S/C16H19ClF3N3O3.ClH/c1-23(15(25)7-11-9-26-5-4-21-11)8-14(24)22-10-2-3-13(17)12(6-10)16(18,19)20;/h2-3,6,11,21H,4-5,7-9H2,1H3,(H,22,24);1H. The predicted octanol–water partition coefficient (Wildman–Crippen LogP) is 2.56. The Morgan fingerprint density at radius 3 is 2.70 bits per heavy atom. The predicted molar refractivity (Wildman–Crippen MR) is 97.2 cm³/mol. The van der Waals surface area contributed by atoms with E-state index in [1.807, 2.05) is 0 Å². The number of ether oxygens (including phenoxy) is 1. The van der Waals surface area contributed by atoms with Gasteiger partial charge in [-0.15, -0.1) is 12.4 Å². The van der Waals surface area contributed by atoms with Gasteiger partial charge in [-0.3, -0.25) is 9.59 Å². The molecule has 0 saturated carbocycles. The van der Waals surface area contributed by atoms with Crippen molar-refractivity contribution in [3.63, 3.8) is 0 Å². The van der Waals surface area contributed by atoms with Gasteiger partial charge in [0, 0.05) is 31.7 Å². The molecule has 6 nitrogen and oxygen atoms in total. The molecule has 2 amide bonds. The molecule has 0 aliphatic carbocycles. The van der Waals surface area contributed by atoms with Crippen molar-refractivity contribution in [1.29, 1.82) is 0 Å². The van der Waals surface area contributed by atoms with Gasteiger partial charge in [0.25, 0.3) is 0 Å². The van der Waals surface area contributed by atoms with Crippen molar-refractivity contribution < 1.29 is 27.5 Å². The van der Waals surface area contributed by atoms with Gasteiger partial charge in [-0.25, -0.2) is 0 Å². The molecule has 0 spiro atoms. The molecule has 0 bridgehead atoms. The first-order valence-electron chi connectivity index (χ1n) is 7.88. The highest BCUT2D eigenvalue weighted by Gasteiger charge is 2.33. The molecule has 152 valence electrons. The number of nitrogens with one attached hydrogen (secondary N) is 2. The van der Waals surface area contributed by atoms with Crippen molar-refractivity contribution in [3.05, 3.63) is 28.8 Å². The number of hydrogen-bond donors (Lipinski definition) is 2. The molecule has 1 aliphatic heterocycles. The minimum atomic E-state index is -4.63. The number of rotatable bonds is 5. The van der Waals surface area contributed by atoms with E-state index >= 15 is 0 Å². The maximum atomic E-state index is 12.8. The van der Waals surface area contributed by atoms with E-state index in [2.05, 4.69) is 10.6 Å². The topological polar surface area (TPSA) is 70.7 Å². The van der Waals surface area contributed by atoms with Crippen molar-refractivity contribution in [3.8, 4) is 0 Å². The van der Waals surface area contributed by atoms with Crippen LogP contribution in [0.15, 0.2) is 18.2 Å². The number of morpholine rings is 1. The third-order valence-electron chi connectivity index (χ3n) is 3.78. The third-order valence-corrected chi connectivity index (χ3v) is 4.11. The molecule has 2 rings (SSSR count). The number of nitrogens with zero attached hydrogens (tertiary/aromatic N) is 1. The Kier molecular flexibility index (Phi) is 8.80. The van der Waals surface area contributed by atoms with E-state index in [-0.39, 0.29) is 43.0 Å². The van der Waals surface area contributed by atoms with E-state index in [0.717, 1.165) is 12.1 Å². The lowest BCUT2D eigenvalue weighted by molar-refractivity contribution is -0.137. The number of carbonyl (C=O) groups is 2. The second kappa shape index (κ2) is 10.1. The van der Waals surface area contributed by atoms with Gasteiger partial charge in [-0.2, -0.15) is 13.2 Å². The van der Waals surface area contributed by atoms with Crippen LogP contribution in [0.1, 0.15) is 12.0 Å². The molecule has 1 aromatic carbocycles. The number of benzene rings is 1. The minimum absolute atomic E-state index is 0. The Hall–Kier alpha value is -1.55. The number of halogens is 5. The molecule has 1 fully saturated rings. The summed E-state index contributed by atoms with van der Waals surface area (Å²) in [6, 6.07) is 2.96. The monoisotopic (exact) mass is 429 g/mol. The number of carbonyl (C=O) groups excluding carboxylic acids is 2. The summed E-state index contributed by atoms with van der Waals surface area (Å²) in [5, 5.41) is 5.02. The number of anilines is 1. The van der Waals surface area contributed by atoms with Crippen LogP contribution in [0.25, 0.3) is 0 Å². The number of amides is 2. The number of likely N-dealkylation sites (N-methyl/N-ethyl adjacent to an activating group) is 1. The molecule has 1 heterocycles. The Morgan fingerprint density at radius 2 is 2.11 bits per heavy atom. The zero-order valence-electron chi connectivity index (χ0n) is 14.4. The lowest BCUT2D eigenvalue weighted by Gasteiger charge is -2.25. The largest absolute Gasteiger partial charge is 0.417 e. The van der Waals surface area contributed by atoms with Crippen molar-refractivity contribution in [2.24, 2.45) is 0 Å². The highest BCUT2D eigenvalue weighted by molar-refractivity contribution is 6.31. The van der Waals surface area contributed by atoms with Gasteiger partial charge in [-0.05, 0) is 18.2 Å². The van der Waals surface area contributed by atoms with Gasteiger partial charge in [-0.1, -0.05) is 11.6 Å². The van der Waals surface area contributed by atoms with E-state index in [0.29, 0.717) is 19.8 Å². The quantitative estimate of drug-likeness (QED) is 0.754. The van der Waals surface area contributed by atoms with Crippen LogP contribution in [0.2, 0.25) is 5.02 Å². The van der Waals surface area contributed by atoms with Crippen LogP contribution in [0.5, 0.6) is 0 Å². The van der Waals surface area contributed by atoms with Crippen LogP contribution >= 0.6 is 24.0 Å². The van der Waals surface area contributed by atoms with Crippen LogP contribution in [0.4, 0.5) is 18.9 Å². The van der Waals surface area contributed by atoms with Crippen LogP contribution in [-0.4, -0.2) is 56.1 Å². The Morgan fingerprint density at radius 1 is 1.41 bits per heavy atom. The van der Waals surface area contributed by atoms with Gasteiger partial charge < -0.3 is 20.3 Å². The van der Waals surface area contributed by atoms with Crippen molar-refractivity contribution >= 4 is 41.5 Å². The second-order valence-electron chi connectivity index (χ2n) is 5.92. The molecule has 1 aliphatic rings. The Labute approximate surface area is 165 Å². The fraction of sp³-hybridized carbons (Fsp3) is 0.500. The lowest BCUT2D eigenvalue weighted by atomic mass is 10.2. The average Bonchev–Trinajstić information content (AvgIpc) is 2.56. The second-order valence-corrected chi connectivity index (χ2v) is 6.33. The van der Waals surface area contributed by atoms with Gasteiger partial charge in [0.15, 0.2) is 0 Å². The SMILES string of the molecule is CN(CC(=O)Nc1ccc(Cl)c(C(F)(F)F)c1)C(=O)CC1COCCN1.Cl. The first kappa shape index (κ1) is 23.5. The fourth-order valence-electron chi connectivity index (χ4n) is 2.44. The molecule has 1 unspecified atom stereocenters. The first-order chi connectivity index (χ1) is 12.2. The summed E-state index contributed by atoms with van der Waals surface area (Å²) < 4.78 is 43.8. The van der Waals surface area contributed by atoms with Crippen molar-refractivity contribution in [1.82, 2.24) is 10.2 Å². The summed E-state index contributed by atoms with van der Waals surface area (Å²) in [6.07, 6.45) is -4.46. The third kappa shape index (κ3) is 7.17. The zero-order chi connectivity index (χ0) is 19.3. The summed E-state index contributed by atoms with van der Waals surface area (Å²) >= 11 is 5.53. The van der Waals surface area contributed by atoms with Crippen molar-refractivity contribution in [2.45, 2.75) is 18.6 Å². The maximum Gasteiger partial charge on any atom is 0.417 e. The molecule has 0 radical (unpaired) electrons. The summed E-state index contributed by atoms with van der Waals surface area (Å²) in [5.41, 5.74) is -1.08. The molecule has 2 N–H and O–H groups in total. The van der Waals surface area contributed by atoms with Gasteiger partial charge in [0.05, 0.1) is 30.3 Å². The highest BCUT2D eigenvalue weighted by Crippen LogP contribution is 2.36. The molecule has 11 heteroatoms. The summed E-state index contributed by atoms with van der Waals surface area (Å²) in [5.74, 6) is -0.876. The summed E-state index contributed by atoms with van der Waals surface area (Å²) in [6.45, 7) is 1.37. The van der Waals surface area contributed by atoms with Gasteiger partial charge in [0.2, 0.25) is 11.8 Å². The van der Waals surface area contributed by atoms with E-state index in [1.54, 1.807) is 0 Å². The van der Waals surface area contributed by atoms with Crippen LogP contribution in [-0.2, 0) is 20.5 Å². The van der Waals surface area contributed by atoms with Gasteiger partial charge >= 0.3 is 6.18 Å². The normalized spacial score (nSPS) is 17.0. The Bertz CT molecular complexity index is 668. The molecule has 1 saturated heterocycles. The Balaban J connectivity index is 0.00000364. The zero-order valence-corrected chi connectivity index (χ0v) is 16.0. The van der Waals surface area contributed by atoms with Crippen LogP contribution < -0.4 is 10.6 Å². The van der Waals surface area contributed by atoms with Gasteiger partial charge in [0.1, 0.15) is 0 Å². The molecular weight excluding hydrogens is 410 g/mol. The first-order valence-corrected chi connectivity index (χ1v) is 8.26. The molecule has 1 aromatic rings. The summed E-state index contributed by atoms with van der Waals surface area (Å²) in [7, 11) is 1.45. The van der Waals surface area contributed by atoms with E-state index < -0.39 is 22.7 Å². The van der Waals surface area contributed by atoms with Crippen LogP contribution in [0.3, 0.4) is 0 Å². The number of alkyl halides is 3. The lowest BCUT2D eigenvalue weighted by Crippen LogP contribution is -2.45. The summed E-state index contributed by atoms with van der Waals surface area (Å²) in [4.78, 5) is 25.3. The average molecular weight is 430 g/mol.